The maximum atomic E-state index is 13.1. The van der Waals surface area contributed by atoms with Crippen LogP contribution in [-0.4, -0.2) is 27.1 Å². The van der Waals surface area contributed by atoms with Crippen molar-refractivity contribution in [3.05, 3.63) is 70.6 Å². The number of hydrogen-bond acceptors (Lipinski definition) is 4. The summed E-state index contributed by atoms with van der Waals surface area (Å²) in [6.45, 7) is 1.42. The number of halogens is 3. The third kappa shape index (κ3) is 4.68. The van der Waals surface area contributed by atoms with Gasteiger partial charge in [0.15, 0.2) is 0 Å². The molecule has 0 saturated carbocycles. The Morgan fingerprint density at radius 3 is 2.41 bits per heavy atom. The number of hydrogen-bond donors (Lipinski definition) is 1. The van der Waals surface area contributed by atoms with E-state index in [1.807, 2.05) is 30.3 Å². The van der Waals surface area contributed by atoms with Gasteiger partial charge in [-0.15, -0.1) is 0 Å². The minimum absolute atomic E-state index is 0.170. The van der Waals surface area contributed by atoms with Crippen molar-refractivity contribution in [2.24, 2.45) is 0 Å². The van der Waals surface area contributed by atoms with E-state index >= 15 is 0 Å². The SMILES string of the molecule is CC(C(=O)Nc1ccccc1C(F)(F)F)N1C(=O)/C(=C/c2ccccc2)SC1=S. The van der Waals surface area contributed by atoms with Crippen LogP contribution in [0.3, 0.4) is 0 Å². The van der Waals surface area contributed by atoms with E-state index in [1.165, 1.54) is 19.1 Å². The molecule has 9 heteroatoms. The fourth-order valence-electron chi connectivity index (χ4n) is 2.71. The summed E-state index contributed by atoms with van der Waals surface area (Å²) in [4.78, 5) is 26.8. The summed E-state index contributed by atoms with van der Waals surface area (Å²) < 4.78 is 39.6. The summed E-state index contributed by atoms with van der Waals surface area (Å²) >= 11 is 6.27. The number of nitrogens with one attached hydrogen (secondary N) is 1. The van der Waals surface area contributed by atoms with E-state index in [-0.39, 0.29) is 10.0 Å². The van der Waals surface area contributed by atoms with E-state index in [2.05, 4.69) is 5.32 Å². The second-order valence-corrected chi connectivity index (χ2v) is 7.85. The highest BCUT2D eigenvalue weighted by atomic mass is 32.2. The highest BCUT2D eigenvalue weighted by molar-refractivity contribution is 8.26. The Morgan fingerprint density at radius 1 is 1.14 bits per heavy atom. The Labute approximate surface area is 174 Å². The van der Waals surface area contributed by atoms with Crippen LogP contribution in [0.1, 0.15) is 18.1 Å². The normalized spacial score (nSPS) is 17.0. The molecule has 2 amide bonds. The summed E-state index contributed by atoms with van der Waals surface area (Å²) in [6, 6.07) is 12.7. The standard InChI is InChI=1S/C20H15F3N2O2S2/c1-12(17(26)24-15-10-6-5-9-14(15)20(21,22)23)25-18(27)16(29-19(25)28)11-13-7-3-2-4-8-13/h2-12H,1H3,(H,24,26)/b16-11-. The van der Waals surface area contributed by atoms with Gasteiger partial charge in [-0.1, -0.05) is 66.4 Å². The molecule has 1 N–H and O–H groups in total. The number of amides is 2. The van der Waals surface area contributed by atoms with E-state index in [4.69, 9.17) is 12.2 Å². The smallest absolute Gasteiger partial charge is 0.324 e. The zero-order valence-corrected chi connectivity index (χ0v) is 16.7. The van der Waals surface area contributed by atoms with Gasteiger partial charge in [0.25, 0.3) is 5.91 Å². The van der Waals surface area contributed by atoms with Crippen molar-refractivity contribution in [3.8, 4) is 0 Å². The van der Waals surface area contributed by atoms with Crippen LogP contribution in [0, 0.1) is 0 Å². The van der Waals surface area contributed by atoms with E-state index in [1.54, 1.807) is 6.08 Å². The number of para-hydroxylation sites is 1. The lowest BCUT2D eigenvalue weighted by Gasteiger charge is -2.23. The summed E-state index contributed by atoms with van der Waals surface area (Å²) in [5.41, 5.74) is -0.541. The number of alkyl halides is 3. The highest BCUT2D eigenvalue weighted by Crippen LogP contribution is 2.36. The van der Waals surface area contributed by atoms with Crippen molar-refractivity contribution < 1.29 is 22.8 Å². The molecule has 0 spiro atoms. The molecule has 150 valence electrons. The third-order valence-corrected chi connectivity index (χ3v) is 5.51. The molecule has 0 radical (unpaired) electrons. The van der Waals surface area contributed by atoms with Crippen LogP contribution in [-0.2, 0) is 15.8 Å². The maximum absolute atomic E-state index is 13.1. The Bertz CT molecular complexity index is 991. The number of anilines is 1. The van der Waals surface area contributed by atoms with Crippen LogP contribution in [0.4, 0.5) is 18.9 Å². The van der Waals surface area contributed by atoms with Crippen molar-refractivity contribution in [2.45, 2.75) is 19.1 Å². The van der Waals surface area contributed by atoms with Gasteiger partial charge in [0.1, 0.15) is 10.4 Å². The molecule has 1 unspecified atom stereocenters. The Hall–Kier alpha value is -2.65. The molecule has 2 aromatic carbocycles. The summed E-state index contributed by atoms with van der Waals surface area (Å²) in [5, 5.41) is 2.26. The second-order valence-electron chi connectivity index (χ2n) is 6.17. The average Bonchev–Trinajstić information content (AvgIpc) is 2.94. The van der Waals surface area contributed by atoms with Gasteiger partial charge in [-0.25, -0.2) is 0 Å². The minimum atomic E-state index is -4.62. The molecule has 2 aromatic rings. The lowest BCUT2D eigenvalue weighted by atomic mass is 10.1. The quantitative estimate of drug-likeness (QED) is 0.545. The third-order valence-electron chi connectivity index (χ3n) is 4.18. The first-order chi connectivity index (χ1) is 13.7. The number of nitrogens with zero attached hydrogens (tertiary/aromatic N) is 1. The van der Waals surface area contributed by atoms with Gasteiger partial charge in [-0.05, 0) is 30.7 Å². The minimum Gasteiger partial charge on any atom is -0.324 e. The fourth-order valence-corrected chi connectivity index (χ4v) is 4.13. The molecular weight excluding hydrogens is 421 g/mol. The van der Waals surface area contributed by atoms with Crippen molar-refractivity contribution in [1.82, 2.24) is 4.90 Å². The van der Waals surface area contributed by atoms with Gasteiger partial charge in [-0.2, -0.15) is 13.2 Å². The fraction of sp³-hybridized carbons (Fsp3) is 0.150. The molecule has 0 bridgehead atoms. The number of thioether (sulfide) groups is 1. The Morgan fingerprint density at radius 2 is 1.76 bits per heavy atom. The number of rotatable bonds is 4. The van der Waals surface area contributed by atoms with E-state index in [0.717, 1.165) is 34.4 Å². The van der Waals surface area contributed by atoms with E-state index in [0.29, 0.717) is 4.91 Å². The zero-order valence-electron chi connectivity index (χ0n) is 15.1. The molecule has 3 rings (SSSR count). The molecule has 4 nitrogen and oxygen atoms in total. The van der Waals surface area contributed by atoms with Gasteiger partial charge in [0.05, 0.1) is 16.2 Å². The molecule has 0 aromatic heterocycles. The first-order valence-electron chi connectivity index (χ1n) is 8.47. The largest absolute Gasteiger partial charge is 0.418 e. The van der Waals surface area contributed by atoms with Crippen LogP contribution in [0.2, 0.25) is 0 Å². The number of benzene rings is 2. The Kier molecular flexibility index (Phi) is 6.09. The van der Waals surface area contributed by atoms with Gasteiger partial charge < -0.3 is 5.32 Å². The molecule has 1 atom stereocenters. The summed E-state index contributed by atoms with van der Waals surface area (Å²) in [7, 11) is 0. The van der Waals surface area contributed by atoms with Crippen molar-refractivity contribution in [2.75, 3.05) is 5.32 Å². The lowest BCUT2D eigenvalue weighted by Crippen LogP contribution is -2.44. The molecule has 1 fully saturated rings. The summed E-state index contributed by atoms with van der Waals surface area (Å²) in [5.74, 6) is -1.23. The van der Waals surface area contributed by atoms with Crippen LogP contribution in [0.5, 0.6) is 0 Å². The lowest BCUT2D eigenvalue weighted by molar-refractivity contribution is -0.137. The highest BCUT2D eigenvalue weighted by Gasteiger charge is 2.39. The molecule has 1 aliphatic heterocycles. The molecule has 1 saturated heterocycles. The van der Waals surface area contributed by atoms with Crippen LogP contribution in [0.15, 0.2) is 59.5 Å². The molecule has 0 aliphatic carbocycles. The molecule has 1 heterocycles. The molecule has 29 heavy (non-hydrogen) atoms. The number of carbonyl (C=O) groups is 2. The van der Waals surface area contributed by atoms with Gasteiger partial charge in [-0.3, -0.25) is 14.5 Å². The van der Waals surface area contributed by atoms with Crippen molar-refractivity contribution in [3.63, 3.8) is 0 Å². The number of thiocarbonyl (C=S) groups is 1. The van der Waals surface area contributed by atoms with E-state index in [9.17, 15) is 22.8 Å². The van der Waals surface area contributed by atoms with Crippen LogP contribution >= 0.6 is 24.0 Å². The second kappa shape index (κ2) is 8.38. The molecule has 1 aliphatic rings. The number of carbonyl (C=O) groups excluding carboxylic acids is 2. The Balaban J connectivity index is 1.79. The predicted octanol–water partition coefficient (Wildman–Crippen LogP) is 4.93. The monoisotopic (exact) mass is 436 g/mol. The zero-order chi connectivity index (χ0) is 21.2. The topological polar surface area (TPSA) is 49.4 Å². The average molecular weight is 436 g/mol. The van der Waals surface area contributed by atoms with Crippen molar-refractivity contribution in [1.29, 1.82) is 0 Å². The maximum Gasteiger partial charge on any atom is 0.418 e. The van der Waals surface area contributed by atoms with Crippen LogP contribution < -0.4 is 5.32 Å². The van der Waals surface area contributed by atoms with Gasteiger partial charge in [0, 0.05) is 0 Å². The van der Waals surface area contributed by atoms with Gasteiger partial charge >= 0.3 is 6.18 Å². The van der Waals surface area contributed by atoms with Crippen LogP contribution in [0.25, 0.3) is 6.08 Å². The summed E-state index contributed by atoms with van der Waals surface area (Å²) in [6.07, 6.45) is -2.96. The molecular formula is C20H15F3N2O2S2. The first kappa shape index (κ1) is 21.1. The first-order valence-corrected chi connectivity index (χ1v) is 9.70. The van der Waals surface area contributed by atoms with Crippen molar-refractivity contribution >= 4 is 51.9 Å². The predicted molar refractivity (Wildman–Crippen MR) is 111 cm³/mol. The van der Waals surface area contributed by atoms with Gasteiger partial charge in [0.2, 0.25) is 5.91 Å². The van der Waals surface area contributed by atoms with E-state index < -0.39 is 29.6 Å².